The highest BCUT2D eigenvalue weighted by Gasteiger charge is 1.46. The second-order valence-corrected chi connectivity index (χ2v) is 0.492. The molecule has 0 aromatic carbocycles. The number of aliphatic carboxylic acids is 1. The van der Waals surface area contributed by atoms with Crippen LogP contribution in [0.4, 0.5) is 0 Å². The van der Waals surface area contributed by atoms with E-state index < -0.39 is 5.97 Å². The Bertz CT molecular complexity index is 38.7. The van der Waals surface area contributed by atoms with Crippen LogP contribution in [0.5, 0.6) is 0 Å². The minimum Gasteiger partial charge on any atom is -0.870 e. The number of hydrogen-bond acceptors (Lipinski definition) is 4. The van der Waals surface area contributed by atoms with Gasteiger partial charge in [-0.1, -0.05) is 0 Å². The topological polar surface area (TPSA) is 203 Å². The van der Waals surface area contributed by atoms with E-state index in [-0.39, 0.29) is 23.9 Å². The van der Waals surface area contributed by atoms with Gasteiger partial charge in [0.15, 0.2) is 0 Å². The van der Waals surface area contributed by atoms with Gasteiger partial charge in [-0.25, -0.2) is 0 Å². The lowest BCUT2D eigenvalue weighted by atomic mass is 10.9. The van der Waals surface area contributed by atoms with Gasteiger partial charge in [0.1, 0.15) is 0 Å². The molecule has 7 heteroatoms. The summed E-state index contributed by atoms with van der Waals surface area (Å²) in [5.74, 6) is -1.08. The number of quaternary nitrogens is 3. The molecule has 0 radical (unpaired) electrons. The molecule has 0 bridgehead atoms. The summed E-state index contributed by atoms with van der Waals surface area (Å²) in [5.41, 5.74) is 0. The maximum absolute atomic E-state index is 8.89. The molecule has 0 aromatic heterocycles. The second-order valence-electron chi connectivity index (χ2n) is 0.492. The van der Waals surface area contributed by atoms with E-state index in [9.17, 15) is 0 Å². The van der Waals surface area contributed by atoms with Gasteiger partial charge in [0, 0.05) is 5.97 Å². The van der Waals surface area contributed by atoms with Crippen molar-refractivity contribution in [2.45, 2.75) is 6.92 Å². The molecule has 0 aromatic rings. The van der Waals surface area contributed by atoms with Gasteiger partial charge < -0.3 is 38.9 Å². The quantitative estimate of drug-likeness (QED) is 0.395. The minimum absolute atomic E-state index is 0. The molecule has 70 valence electrons. The number of carboxylic acid groups (broad SMARTS) is 1. The first-order valence-electron chi connectivity index (χ1n) is 1.32. The number of hydrogen-bond donors (Lipinski definition) is 3. The summed E-state index contributed by atoms with van der Waals surface area (Å²) in [4.78, 5) is 8.89. The summed E-state index contributed by atoms with van der Waals surface area (Å²) >= 11 is 0. The fourth-order valence-corrected chi connectivity index (χ4v) is 0. The van der Waals surface area contributed by atoms with Crippen molar-refractivity contribution >= 4 is 5.97 Å². The van der Waals surface area contributed by atoms with E-state index in [1.807, 2.05) is 0 Å². The maximum atomic E-state index is 8.89. The Hall–Kier alpha value is -0.730. The lowest BCUT2D eigenvalue weighted by Gasteiger charge is -1.77. The molecule has 0 aliphatic heterocycles. The first-order valence-corrected chi connectivity index (χ1v) is 1.32. The molecule has 0 fully saturated rings. The van der Waals surface area contributed by atoms with Crippen LogP contribution in [0.15, 0.2) is 0 Å². The molecule has 0 saturated carbocycles. The molecule has 0 atom stereocenters. The van der Waals surface area contributed by atoms with Gasteiger partial charge >= 0.3 is 0 Å². The largest absolute Gasteiger partial charge is 0.870 e. The van der Waals surface area contributed by atoms with Crippen LogP contribution in [0, 0.1) is 0 Å². The van der Waals surface area contributed by atoms with Crippen molar-refractivity contribution in [1.29, 1.82) is 0 Å². The smallest absolute Gasteiger partial charge is 0.0383 e. The van der Waals surface area contributed by atoms with Crippen molar-refractivity contribution in [3.8, 4) is 0 Å². The van der Waals surface area contributed by atoms with Crippen LogP contribution in [0.2, 0.25) is 0 Å². The number of carbonyl (C=O) groups is 1. The first-order chi connectivity index (χ1) is 2.73. The van der Waals surface area contributed by atoms with Gasteiger partial charge in [0.25, 0.3) is 0 Å². The highest BCUT2D eigenvalue weighted by Crippen LogP contribution is 1.31. The molecule has 0 spiro atoms. The molecule has 0 heterocycles. The predicted octanol–water partition coefficient (Wildman–Crippen LogP) is -1.32. The SMILES string of the molecule is CC(=O)[O-].C[O-].[NH4+].[NH4+].[NH4+].[OH-]. The van der Waals surface area contributed by atoms with Crippen molar-refractivity contribution in [2.75, 3.05) is 7.11 Å². The Balaban J connectivity index is -0.00000000625. The van der Waals surface area contributed by atoms with Crippen molar-refractivity contribution < 1.29 is 20.5 Å². The van der Waals surface area contributed by atoms with Gasteiger partial charge in [-0.2, -0.15) is 7.11 Å². The van der Waals surface area contributed by atoms with Crippen molar-refractivity contribution in [2.24, 2.45) is 0 Å². The van der Waals surface area contributed by atoms with Crippen LogP contribution >= 0.6 is 0 Å². The normalized spacial score (nSPS) is 3.10. The molecule has 0 aliphatic carbocycles. The highest BCUT2D eigenvalue weighted by atomic mass is 16.4. The molecule has 0 unspecified atom stereocenters. The van der Waals surface area contributed by atoms with Crippen LogP contribution in [0.1, 0.15) is 6.92 Å². The minimum atomic E-state index is -1.08. The summed E-state index contributed by atoms with van der Waals surface area (Å²) in [5, 5.41) is 17.1. The fraction of sp³-hybridized carbons (Fsp3) is 0.667. The summed E-state index contributed by atoms with van der Waals surface area (Å²) in [7, 11) is 0.750. The van der Waals surface area contributed by atoms with Gasteiger partial charge in [-0.15, -0.1) is 0 Å². The van der Waals surface area contributed by atoms with E-state index in [0.29, 0.717) is 0 Å². The van der Waals surface area contributed by atoms with Gasteiger partial charge in [0.2, 0.25) is 0 Å². The average Bonchev–Trinajstić information content (AvgIpc) is 1.41. The number of carbonyl (C=O) groups excluding carboxylic acids is 1. The van der Waals surface area contributed by atoms with E-state index in [0.717, 1.165) is 14.0 Å². The summed E-state index contributed by atoms with van der Waals surface area (Å²) in [6.07, 6.45) is 0. The Kier molecular flexibility index (Phi) is 503. The molecule has 0 saturated heterocycles. The molecule has 0 aliphatic rings. The van der Waals surface area contributed by atoms with Crippen molar-refractivity contribution in [3.05, 3.63) is 0 Å². The standard InChI is InChI=1S/C2H4O2.CH3O.3H3N.H2O/c1-2(3)4;1-2;;;;/h1H3,(H,3,4);1H3;3*1H3;1H2/q;-1;;;;/p+1. The molecule has 7 nitrogen and oxygen atoms in total. The molecule has 10 heavy (non-hydrogen) atoms. The Morgan fingerprint density at radius 3 is 1.10 bits per heavy atom. The van der Waals surface area contributed by atoms with Crippen LogP contribution in [0.3, 0.4) is 0 Å². The van der Waals surface area contributed by atoms with E-state index in [1.54, 1.807) is 0 Å². The third kappa shape index (κ3) is 536. The second kappa shape index (κ2) is 84.8. The lowest BCUT2D eigenvalue weighted by molar-refractivity contribution is -0.325. The molecular formula is C3H19N3O4. The lowest BCUT2D eigenvalue weighted by Crippen LogP contribution is -2.16. The Morgan fingerprint density at radius 2 is 1.10 bits per heavy atom. The number of carboxylic acids is 1. The molecule has 0 amide bonds. The zero-order valence-corrected chi connectivity index (χ0v) is 7.17. The summed E-state index contributed by atoms with van der Waals surface area (Å²) in [6.45, 7) is 0.972. The first kappa shape index (κ1) is 59.3. The number of rotatable bonds is 0. The molecule has 13 N–H and O–H groups in total. The third-order valence-corrected chi connectivity index (χ3v) is 0. The average molecular weight is 161 g/mol. The van der Waals surface area contributed by atoms with Crippen LogP contribution in [-0.4, -0.2) is 18.6 Å². The predicted molar refractivity (Wildman–Crippen MR) is 36.5 cm³/mol. The Morgan fingerprint density at radius 1 is 1.10 bits per heavy atom. The Labute approximate surface area is 60.1 Å². The zero-order valence-electron chi connectivity index (χ0n) is 7.17. The van der Waals surface area contributed by atoms with E-state index in [1.165, 1.54) is 0 Å². The highest BCUT2D eigenvalue weighted by molar-refractivity contribution is 5.60. The van der Waals surface area contributed by atoms with Crippen LogP contribution in [0.25, 0.3) is 0 Å². The van der Waals surface area contributed by atoms with Crippen LogP contribution < -0.4 is 28.7 Å². The molecular weight excluding hydrogens is 142 g/mol. The maximum Gasteiger partial charge on any atom is 0.0383 e. The fourth-order valence-electron chi connectivity index (χ4n) is 0. The van der Waals surface area contributed by atoms with Gasteiger partial charge in [-0.3, -0.25) is 0 Å². The van der Waals surface area contributed by atoms with Crippen LogP contribution in [-0.2, 0) is 4.79 Å². The van der Waals surface area contributed by atoms with Crippen molar-refractivity contribution in [1.82, 2.24) is 18.5 Å². The van der Waals surface area contributed by atoms with E-state index in [2.05, 4.69) is 0 Å². The summed E-state index contributed by atoms with van der Waals surface area (Å²) in [6, 6.07) is 0. The zero-order chi connectivity index (χ0) is 5.58. The van der Waals surface area contributed by atoms with E-state index >= 15 is 0 Å². The molecule has 0 rings (SSSR count). The monoisotopic (exact) mass is 161 g/mol. The van der Waals surface area contributed by atoms with Gasteiger partial charge in [-0.05, 0) is 6.92 Å². The van der Waals surface area contributed by atoms with Gasteiger partial charge in [0.05, 0.1) is 0 Å². The van der Waals surface area contributed by atoms with E-state index in [4.69, 9.17) is 15.0 Å². The summed E-state index contributed by atoms with van der Waals surface area (Å²) < 4.78 is 0. The van der Waals surface area contributed by atoms with Crippen molar-refractivity contribution in [3.63, 3.8) is 0 Å². The third-order valence-electron chi connectivity index (χ3n) is 0.